The normalized spacial score (nSPS) is 11.8. The van der Waals surface area contributed by atoms with Crippen LogP contribution in [0.3, 0.4) is 0 Å². The number of nitrogens with zero attached hydrogens (tertiary/aromatic N) is 2. The molecule has 0 spiro atoms. The van der Waals surface area contributed by atoms with E-state index in [1.165, 1.54) is 0 Å². The zero-order valence-electron chi connectivity index (χ0n) is 14.5. The van der Waals surface area contributed by atoms with Gasteiger partial charge in [-0.05, 0) is 29.8 Å². The molecule has 0 radical (unpaired) electrons. The maximum absolute atomic E-state index is 6.14. The van der Waals surface area contributed by atoms with Gasteiger partial charge in [0.15, 0.2) is 0 Å². The van der Waals surface area contributed by atoms with E-state index >= 15 is 0 Å². The average molecular weight is 369 g/mol. The lowest BCUT2D eigenvalue weighted by Crippen LogP contribution is -2.14. The highest BCUT2D eigenvalue weighted by Crippen LogP contribution is 2.28. The van der Waals surface area contributed by atoms with Crippen LogP contribution in [0.2, 0.25) is 5.02 Å². The highest BCUT2D eigenvalue weighted by Gasteiger charge is 2.14. The number of hydrogen-bond acceptors (Lipinski definition) is 5. The first-order valence-electron chi connectivity index (χ1n) is 8.43. The molecule has 0 fully saturated rings. The molecule has 0 amide bonds. The lowest BCUT2D eigenvalue weighted by molar-refractivity contribution is 0.332. The summed E-state index contributed by atoms with van der Waals surface area (Å²) in [5.41, 5.74) is 8.14. The van der Waals surface area contributed by atoms with E-state index in [9.17, 15) is 0 Å². The third-order valence-corrected chi connectivity index (χ3v) is 4.33. The van der Waals surface area contributed by atoms with Crippen LogP contribution in [-0.4, -0.2) is 23.1 Å². The molecule has 0 aliphatic heterocycles. The van der Waals surface area contributed by atoms with Gasteiger partial charge >= 0.3 is 0 Å². The molecule has 0 saturated heterocycles. The first-order valence-corrected chi connectivity index (χ1v) is 8.81. The van der Waals surface area contributed by atoms with Crippen molar-refractivity contribution in [2.75, 3.05) is 24.2 Å². The third-order valence-electron chi connectivity index (χ3n) is 4.08. The fraction of sp³-hybridized carbons (Fsp3) is 0.200. The fourth-order valence-corrected chi connectivity index (χ4v) is 2.73. The van der Waals surface area contributed by atoms with Gasteiger partial charge in [0.05, 0.1) is 6.54 Å². The van der Waals surface area contributed by atoms with Gasteiger partial charge in [0, 0.05) is 22.7 Å². The highest BCUT2D eigenvalue weighted by molar-refractivity contribution is 6.30. The van der Waals surface area contributed by atoms with Gasteiger partial charge in [-0.1, -0.05) is 48.9 Å². The van der Waals surface area contributed by atoms with E-state index in [0.29, 0.717) is 29.9 Å². The number of nitrogens with one attached hydrogen (secondary N) is 1. The predicted molar refractivity (Wildman–Crippen MR) is 106 cm³/mol. The molecule has 3 N–H and O–H groups in total. The monoisotopic (exact) mass is 368 g/mol. The van der Waals surface area contributed by atoms with Gasteiger partial charge in [-0.15, -0.1) is 0 Å². The Labute approximate surface area is 158 Å². The largest absolute Gasteiger partial charge is 0.492 e. The number of halogens is 1. The number of aromatic nitrogens is 2. The summed E-state index contributed by atoms with van der Waals surface area (Å²) in [6.45, 7) is 3.16. The summed E-state index contributed by atoms with van der Waals surface area (Å²) in [6, 6.07) is 17.4. The molecule has 1 heterocycles. The van der Waals surface area contributed by atoms with Crippen molar-refractivity contribution in [3.63, 3.8) is 0 Å². The molecule has 0 saturated carbocycles. The van der Waals surface area contributed by atoms with E-state index in [1.54, 1.807) is 6.20 Å². The van der Waals surface area contributed by atoms with Crippen LogP contribution in [0.15, 0.2) is 60.8 Å². The molecule has 5 nitrogen and oxygen atoms in total. The molecule has 3 aromatic rings. The Hall–Kier alpha value is -2.79. The van der Waals surface area contributed by atoms with Crippen molar-refractivity contribution in [1.29, 1.82) is 0 Å². The maximum Gasteiger partial charge on any atom is 0.224 e. The Morgan fingerprint density at radius 1 is 1.12 bits per heavy atom. The second kappa shape index (κ2) is 8.54. The molecule has 2 aromatic carbocycles. The number of hydrogen-bond donors (Lipinski definition) is 2. The number of rotatable bonds is 7. The standard InChI is InChI=1S/C20H21ClN4O/c1-14(15-7-9-16(21)10-8-15)18-13-24-20(25-19(18)22)23-11-12-26-17-5-3-2-4-6-17/h2-10,13-14H,11-12H2,1H3,(H3,22,23,24,25). The molecule has 0 bridgehead atoms. The van der Waals surface area contributed by atoms with E-state index in [0.717, 1.165) is 16.9 Å². The molecule has 1 aromatic heterocycles. The summed E-state index contributed by atoms with van der Waals surface area (Å²) < 4.78 is 5.63. The van der Waals surface area contributed by atoms with Crippen LogP contribution in [0.1, 0.15) is 24.0 Å². The topological polar surface area (TPSA) is 73.1 Å². The molecule has 6 heteroatoms. The second-order valence-electron chi connectivity index (χ2n) is 5.90. The summed E-state index contributed by atoms with van der Waals surface area (Å²) in [5.74, 6) is 1.88. The van der Waals surface area contributed by atoms with Gasteiger partial charge in [-0.3, -0.25) is 0 Å². The summed E-state index contributed by atoms with van der Waals surface area (Å²) in [6.07, 6.45) is 1.77. The molecule has 0 aliphatic carbocycles. The number of nitrogens with two attached hydrogens (primary N) is 1. The summed E-state index contributed by atoms with van der Waals surface area (Å²) in [7, 11) is 0. The van der Waals surface area contributed by atoms with E-state index in [1.807, 2.05) is 54.6 Å². The van der Waals surface area contributed by atoms with Crippen LogP contribution >= 0.6 is 11.6 Å². The van der Waals surface area contributed by atoms with Gasteiger partial charge in [0.1, 0.15) is 18.2 Å². The van der Waals surface area contributed by atoms with E-state index in [-0.39, 0.29) is 5.92 Å². The van der Waals surface area contributed by atoms with Crippen LogP contribution in [0, 0.1) is 0 Å². The Kier molecular flexibility index (Phi) is 5.92. The highest BCUT2D eigenvalue weighted by atomic mass is 35.5. The zero-order chi connectivity index (χ0) is 18.4. The van der Waals surface area contributed by atoms with Gasteiger partial charge < -0.3 is 15.8 Å². The number of anilines is 2. The van der Waals surface area contributed by atoms with E-state index < -0.39 is 0 Å². The average Bonchev–Trinajstić information content (AvgIpc) is 2.66. The minimum Gasteiger partial charge on any atom is -0.492 e. The quantitative estimate of drug-likeness (QED) is 0.606. The number of ether oxygens (including phenoxy) is 1. The molecule has 1 unspecified atom stereocenters. The van der Waals surface area contributed by atoms with Crippen molar-refractivity contribution in [3.8, 4) is 5.75 Å². The van der Waals surface area contributed by atoms with Gasteiger partial charge in [-0.2, -0.15) is 4.98 Å². The van der Waals surface area contributed by atoms with Crippen molar-refractivity contribution < 1.29 is 4.74 Å². The van der Waals surface area contributed by atoms with Gasteiger partial charge in [0.2, 0.25) is 5.95 Å². The van der Waals surface area contributed by atoms with Crippen LogP contribution in [0.4, 0.5) is 11.8 Å². The summed E-state index contributed by atoms with van der Waals surface area (Å²) >= 11 is 5.95. The third kappa shape index (κ3) is 4.64. The number of benzene rings is 2. The minimum absolute atomic E-state index is 0.0859. The predicted octanol–water partition coefficient (Wildman–Crippen LogP) is 4.35. The molecular formula is C20H21ClN4O. The van der Waals surface area contributed by atoms with Crippen LogP contribution in [0.25, 0.3) is 0 Å². The van der Waals surface area contributed by atoms with E-state index in [4.69, 9.17) is 22.1 Å². The van der Waals surface area contributed by atoms with Gasteiger partial charge in [0.25, 0.3) is 0 Å². The maximum atomic E-state index is 6.14. The first kappa shape index (κ1) is 18.0. The van der Waals surface area contributed by atoms with Crippen molar-refractivity contribution >= 4 is 23.4 Å². The Morgan fingerprint density at radius 3 is 2.54 bits per heavy atom. The van der Waals surface area contributed by atoms with Crippen molar-refractivity contribution in [2.45, 2.75) is 12.8 Å². The molecule has 0 aliphatic rings. The smallest absolute Gasteiger partial charge is 0.224 e. The molecule has 134 valence electrons. The molecule has 26 heavy (non-hydrogen) atoms. The first-order chi connectivity index (χ1) is 12.6. The molecule has 1 atom stereocenters. The number of para-hydroxylation sites is 1. The van der Waals surface area contributed by atoms with Crippen molar-refractivity contribution in [3.05, 3.63) is 76.9 Å². The Bertz CT molecular complexity index is 840. The lowest BCUT2D eigenvalue weighted by Gasteiger charge is -2.15. The molecular weight excluding hydrogens is 348 g/mol. The Balaban J connectivity index is 1.57. The second-order valence-corrected chi connectivity index (χ2v) is 6.33. The molecule has 3 rings (SSSR count). The van der Waals surface area contributed by atoms with Crippen molar-refractivity contribution in [1.82, 2.24) is 9.97 Å². The minimum atomic E-state index is 0.0859. The summed E-state index contributed by atoms with van der Waals surface area (Å²) in [5, 5.41) is 3.84. The van der Waals surface area contributed by atoms with E-state index in [2.05, 4.69) is 22.2 Å². The zero-order valence-corrected chi connectivity index (χ0v) is 15.3. The van der Waals surface area contributed by atoms with Crippen LogP contribution < -0.4 is 15.8 Å². The van der Waals surface area contributed by atoms with Crippen LogP contribution in [-0.2, 0) is 0 Å². The SMILES string of the molecule is CC(c1ccc(Cl)cc1)c1cnc(NCCOc2ccccc2)nc1N. The fourth-order valence-electron chi connectivity index (χ4n) is 2.60. The van der Waals surface area contributed by atoms with Crippen molar-refractivity contribution in [2.24, 2.45) is 0 Å². The Morgan fingerprint density at radius 2 is 1.85 bits per heavy atom. The van der Waals surface area contributed by atoms with Crippen LogP contribution in [0.5, 0.6) is 5.75 Å². The number of nitrogen functional groups attached to an aromatic ring is 1. The lowest BCUT2D eigenvalue weighted by atomic mass is 9.95. The van der Waals surface area contributed by atoms with Gasteiger partial charge in [-0.25, -0.2) is 4.98 Å². The summed E-state index contributed by atoms with van der Waals surface area (Å²) in [4.78, 5) is 8.72.